The Labute approximate surface area is 137 Å². The van der Waals surface area contributed by atoms with Crippen molar-refractivity contribution in [3.63, 3.8) is 0 Å². The molecular formula is C17H14BrN3O. The average molecular weight is 356 g/mol. The Morgan fingerprint density at radius 3 is 2.68 bits per heavy atom. The molecule has 0 unspecified atom stereocenters. The first-order valence-electron chi connectivity index (χ1n) is 6.95. The van der Waals surface area contributed by atoms with Crippen LogP contribution >= 0.6 is 15.9 Å². The second-order valence-corrected chi connectivity index (χ2v) is 5.83. The van der Waals surface area contributed by atoms with Gasteiger partial charge in [-0.1, -0.05) is 0 Å². The summed E-state index contributed by atoms with van der Waals surface area (Å²) in [5.74, 6) is 0.812. The lowest BCUT2D eigenvalue weighted by molar-refractivity contribution is 0.340. The van der Waals surface area contributed by atoms with E-state index in [-0.39, 0.29) is 0 Å². The number of nitriles is 1. The maximum atomic E-state index is 9.54. The molecule has 0 fully saturated rings. The molecule has 2 heterocycles. The quantitative estimate of drug-likeness (QED) is 0.701. The molecule has 0 atom stereocenters. The lowest BCUT2D eigenvalue weighted by atomic mass is 10.1. The fourth-order valence-electron chi connectivity index (χ4n) is 2.45. The van der Waals surface area contributed by atoms with Gasteiger partial charge in [-0.25, -0.2) is 4.98 Å². The van der Waals surface area contributed by atoms with Crippen LogP contribution in [0, 0.1) is 18.3 Å². The smallest absolute Gasteiger partial charge is 0.152 e. The third-order valence-corrected chi connectivity index (χ3v) is 3.85. The first-order chi connectivity index (χ1) is 10.6. The highest BCUT2D eigenvalue weighted by molar-refractivity contribution is 9.10. The molecule has 0 saturated carbocycles. The number of pyridine rings is 1. The summed E-state index contributed by atoms with van der Waals surface area (Å²) in [6.07, 6.45) is 1.87. The molecule has 0 N–H and O–H groups in total. The molecule has 110 valence electrons. The number of aryl methyl sites for hydroxylation is 1. The molecule has 0 radical (unpaired) electrons. The molecule has 0 saturated heterocycles. The molecule has 22 heavy (non-hydrogen) atoms. The van der Waals surface area contributed by atoms with Crippen molar-refractivity contribution in [2.75, 3.05) is 6.61 Å². The second kappa shape index (κ2) is 5.82. The number of fused-ring (bicyclic) bond motifs is 1. The number of halogens is 1. The van der Waals surface area contributed by atoms with Gasteiger partial charge in [0.1, 0.15) is 23.2 Å². The van der Waals surface area contributed by atoms with E-state index >= 15 is 0 Å². The number of hydrogen-bond donors (Lipinski definition) is 0. The predicted molar refractivity (Wildman–Crippen MR) is 88.9 cm³/mol. The molecule has 0 bridgehead atoms. The monoisotopic (exact) mass is 355 g/mol. The van der Waals surface area contributed by atoms with Crippen LogP contribution in [-0.2, 0) is 0 Å². The largest absolute Gasteiger partial charge is 0.494 e. The van der Waals surface area contributed by atoms with Crippen molar-refractivity contribution < 1.29 is 4.74 Å². The molecule has 1 aromatic carbocycles. The maximum absolute atomic E-state index is 9.54. The molecule has 3 rings (SSSR count). The summed E-state index contributed by atoms with van der Waals surface area (Å²) < 4.78 is 8.20. The van der Waals surface area contributed by atoms with Gasteiger partial charge in [-0.3, -0.25) is 4.40 Å². The van der Waals surface area contributed by atoms with Crippen molar-refractivity contribution in [3.05, 3.63) is 52.3 Å². The SMILES string of the molecule is CCOc1ccc(-c2nc3c(C)cc(Br)cn3c2C#N)cc1. The van der Waals surface area contributed by atoms with E-state index in [0.29, 0.717) is 18.0 Å². The number of hydrogen-bond acceptors (Lipinski definition) is 3. The van der Waals surface area contributed by atoms with Crippen LogP contribution in [0.25, 0.3) is 16.9 Å². The minimum atomic E-state index is 0.531. The van der Waals surface area contributed by atoms with Crippen molar-refractivity contribution in [2.45, 2.75) is 13.8 Å². The van der Waals surface area contributed by atoms with E-state index in [9.17, 15) is 5.26 Å². The summed E-state index contributed by atoms with van der Waals surface area (Å²) in [5, 5.41) is 9.54. The predicted octanol–water partition coefficient (Wildman–Crippen LogP) is 4.34. The topological polar surface area (TPSA) is 50.3 Å². The highest BCUT2D eigenvalue weighted by Gasteiger charge is 2.15. The molecule has 5 heteroatoms. The summed E-state index contributed by atoms with van der Waals surface area (Å²) in [7, 11) is 0. The van der Waals surface area contributed by atoms with Gasteiger partial charge >= 0.3 is 0 Å². The van der Waals surface area contributed by atoms with E-state index in [1.165, 1.54) is 0 Å². The molecule has 0 aliphatic carbocycles. The van der Waals surface area contributed by atoms with Crippen LogP contribution in [0.1, 0.15) is 18.2 Å². The Morgan fingerprint density at radius 2 is 2.05 bits per heavy atom. The summed E-state index contributed by atoms with van der Waals surface area (Å²) in [6, 6.07) is 11.9. The normalized spacial score (nSPS) is 10.6. The van der Waals surface area contributed by atoms with Crippen LogP contribution in [0.5, 0.6) is 5.75 Å². The number of aromatic nitrogens is 2. The van der Waals surface area contributed by atoms with Gasteiger partial charge in [0, 0.05) is 16.2 Å². The van der Waals surface area contributed by atoms with Crippen molar-refractivity contribution in [2.24, 2.45) is 0 Å². The zero-order valence-corrected chi connectivity index (χ0v) is 13.9. The lowest BCUT2D eigenvalue weighted by Crippen LogP contribution is -1.92. The summed E-state index contributed by atoms with van der Waals surface area (Å²) in [6.45, 7) is 4.56. The minimum absolute atomic E-state index is 0.531. The van der Waals surface area contributed by atoms with E-state index in [1.807, 2.05) is 54.8 Å². The standard InChI is InChI=1S/C17H14BrN3O/c1-3-22-14-6-4-12(5-7-14)16-15(9-19)21-10-13(18)8-11(2)17(21)20-16/h4-8,10H,3H2,1-2H3. The number of benzene rings is 1. The Balaban J connectivity index is 2.18. The summed E-state index contributed by atoms with van der Waals surface area (Å²) in [4.78, 5) is 4.65. The fraction of sp³-hybridized carbons (Fsp3) is 0.176. The molecule has 0 spiro atoms. The van der Waals surface area contributed by atoms with Gasteiger partial charge in [0.15, 0.2) is 5.69 Å². The molecule has 3 aromatic rings. The van der Waals surface area contributed by atoms with Crippen molar-refractivity contribution in [1.82, 2.24) is 9.38 Å². The van der Waals surface area contributed by atoms with Crippen LogP contribution in [0.2, 0.25) is 0 Å². The summed E-state index contributed by atoms with van der Waals surface area (Å²) in [5.41, 5.74) is 3.93. The van der Waals surface area contributed by atoms with Gasteiger partial charge in [-0.15, -0.1) is 0 Å². The van der Waals surface area contributed by atoms with Gasteiger partial charge in [0.2, 0.25) is 0 Å². The van der Waals surface area contributed by atoms with Gasteiger partial charge in [-0.2, -0.15) is 5.26 Å². The Kier molecular flexibility index (Phi) is 3.86. The highest BCUT2D eigenvalue weighted by Crippen LogP contribution is 2.28. The van der Waals surface area contributed by atoms with Crippen molar-refractivity contribution in [1.29, 1.82) is 5.26 Å². The molecule has 0 aliphatic heterocycles. The Hall–Kier alpha value is -2.32. The van der Waals surface area contributed by atoms with Gasteiger partial charge in [0.05, 0.1) is 6.61 Å². The molecular weight excluding hydrogens is 342 g/mol. The molecule has 0 aliphatic rings. The third kappa shape index (κ3) is 2.46. The van der Waals surface area contributed by atoms with Gasteiger partial charge in [0.25, 0.3) is 0 Å². The lowest BCUT2D eigenvalue weighted by Gasteiger charge is -2.03. The van der Waals surface area contributed by atoms with E-state index in [4.69, 9.17) is 4.74 Å². The summed E-state index contributed by atoms with van der Waals surface area (Å²) >= 11 is 3.46. The van der Waals surface area contributed by atoms with Crippen LogP contribution in [0.3, 0.4) is 0 Å². The Morgan fingerprint density at radius 1 is 1.32 bits per heavy atom. The minimum Gasteiger partial charge on any atom is -0.494 e. The third-order valence-electron chi connectivity index (χ3n) is 3.42. The van der Waals surface area contributed by atoms with E-state index in [1.54, 1.807) is 0 Å². The number of imidazole rings is 1. The first-order valence-corrected chi connectivity index (χ1v) is 7.75. The highest BCUT2D eigenvalue weighted by atomic mass is 79.9. The van der Waals surface area contributed by atoms with Crippen molar-refractivity contribution >= 4 is 21.6 Å². The molecule has 2 aromatic heterocycles. The molecule has 0 amide bonds. The second-order valence-electron chi connectivity index (χ2n) is 4.91. The van der Waals surface area contributed by atoms with Crippen molar-refractivity contribution in [3.8, 4) is 23.1 Å². The maximum Gasteiger partial charge on any atom is 0.152 e. The number of ether oxygens (including phenoxy) is 1. The average Bonchev–Trinajstić information content (AvgIpc) is 2.87. The van der Waals surface area contributed by atoms with E-state index in [2.05, 4.69) is 27.0 Å². The number of nitrogens with zero attached hydrogens (tertiary/aromatic N) is 3. The van der Waals surface area contributed by atoms with Crippen LogP contribution < -0.4 is 4.74 Å². The van der Waals surface area contributed by atoms with Crippen LogP contribution in [0.4, 0.5) is 0 Å². The van der Waals surface area contributed by atoms with Gasteiger partial charge < -0.3 is 4.74 Å². The molecule has 4 nitrogen and oxygen atoms in total. The van der Waals surface area contributed by atoms with Gasteiger partial charge in [-0.05, 0) is 65.7 Å². The zero-order chi connectivity index (χ0) is 15.7. The van der Waals surface area contributed by atoms with E-state index < -0.39 is 0 Å². The fourth-order valence-corrected chi connectivity index (χ4v) is 3.00. The zero-order valence-electron chi connectivity index (χ0n) is 12.3. The van der Waals surface area contributed by atoms with Crippen LogP contribution in [-0.4, -0.2) is 16.0 Å². The van der Waals surface area contributed by atoms with Crippen LogP contribution in [0.15, 0.2) is 41.0 Å². The first kappa shape index (κ1) is 14.6. The number of rotatable bonds is 3. The Bertz CT molecular complexity index is 876. The van der Waals surface area contributed by atoms with E-state index in [0.717, 1.165) is 27.0 Å².